The van der Waals surface area contributed by atoms with Gasteiger partial charge >= 0.3 is 0 Å². The second-order valence-corrected chi connectivity index (χ2v) is 12.7. The number of nitriles is 1. The molecule has 1 aromatic carbocycles. The summed E-state index contributed by atoms with van der Waals surface area (Å²) in [5, 5.41) is 11.2. The third-order valence-corrected chi connectivity index (χ3v) is 9.49. The highest BCUT2D eigenvalue weighted by atomic mass is 16.2. The first-order valence-corrected chi connectivity index (χ1v) is 15.8. The van der Waals surface area contributed by atoms with Gasteiger partial charge in [0.15, 0.2) is 17.0 Å². The number of hydrogen-bond acceptors (Lipinski definition) is 9. The zero-order chi connectivity index (χ0) is 29.8. The Labute approximate surface area is 254 Å². The molecule has 43 heavy (non-hydrogen) atoms. The van der Waals surface area contributed by atoms with Gasteiger partial charge < -0.3 is 14.4 Å². The van der Waals surface area contributed by atoms with Crippen molar-refractivity contribution in [1.82, 2.24) is 39.2 Å². The van der Waals surface area contributed by atoms with Crippen LogP contribution in [0.5, 0.6) is 0 Å². The van der Waals surface area contributed by atoms with E-state index in [0.717, 1.165) is 51.5 Å². The molecule has 0 bridgehead atoms. The molecule has 6 rings (SSSR count). The molecule has 3 fully saturated rings. The maximum absolute atomic E-state index is 13.9. The average molecular weight is 585 g/mol. The number of amides is 1. The van der Waals surface area contributed by atoms with E-state index in [1.807, 2.05) is 25.2 Å². The van der Waals surface area contributed by atoms with Gasteiger partial charge in [0.25, 0.3) is 5.91 Å². The van der Waals surface area contributed by atoms with Gasteiger partial charge in [0.05, 0.1) is 6.33 Å². The van der Waals surface area contributed by atoms with E-state index in [2.05, 4.69) is 54.3 Å². The molecule has 0 unspecified atom stereocenters. The van der Waals surface area contributed by atoms with Crippen LogP contribution in [0.3, 0.4) is 0 Å². The van der Waals surface area contributed by atoms with E-state index in [1.165, 1.54) is 50.9 Å². The number of anilines is 1. The predicted octanol–water partition coefficient (Wildman–Crippen LogP) is 3.35. The Balaban J connectivity index is 1.09. The van der Waals surface area contributed by atoms with E-state index in [-0.39, 0.29) is 11.7 Å². The number of rotatable bonds is 9. The maximum Gasteiger partial charge on any atom is 0.272 e. The minimum absolute atomic E-state index is 0.0406. The minimum Gasteiger partial charge on any atom is -0.318 e. The summed E-state index contributed by atoms with van der Waals surface area (Å²) in [5.41, 5.74) is 6.18. The number of fused-ring (bicyclic) bond motifs is 1. The van der Waals surface area contributed by atoms with Crippen LogP contribution in [0.15, 0.2) is 30.6 Å². The third-order valence-electron chi connectivity index (χ3n) is 9.49. The molecule has 2 aliphatic heterocycles. The molecule has 0 atom stereocenters. The normalized spacial score (nSPS) is 19.6. The van der Waals surface area contributed by atoms with Gasteiger partial charge in [0.2, 0.25) is 5.82 Å². The molecule has 11 nitrogen and oxygen atoms in total. The molecule has 1 saturated carbocycles. The van der Waals surface area contributed by atoms with Crippen LogP contribution in [-0.2, 0) is 13.6 Å². The molecule has 1 N–H and O–H groups in total. The SMILES string of the molecule is CN1CCC(CN2CCN(Cc3ccc(C(=O)N(CC4CCCC4)Nc4nc(C#N)nc5c4ncn5C)cc3)CC2)CC1. The molecule has 0 spiro atoms. The van der Waals surface area contributed by atoms with Crippen molar-refractivity contribution in [3.8, 4) is 6.07 Å². The molecule has 3 aromatic rings. The Bertz CT molecular complexity index is 1420. The second kappa shape index (κ2) is 13.4. The van der Waals surface area contributed by atoms with Crippen LogP contribution < -0.4 is 5.43 Å². The first-order chi connectivity index (χ1) is 20.9. The lowest BCUT2D eigenvalue weighted by molar-refractivity contribution is 0.0770. The molecule has 1 aliphatic carbocycles. The van der Waals surface area contributed by atoms with Gasteiger partial charge in [-0.25, -0.2) is 4.98 Å². The lowest BCUT2D eigenvalue weighted by atomic mass is 9.96. The summed E-state index contributed by atoms with van der Waals surface area (Å²) in [7, 11) is 4.05. The van der Waals surface area contributed by atoms with Gasteiger partial charge in [-0.1, -0.05) is 25.0 Å². The number of aryl methyl sites for hydroxylation is 1. The highest BCUT2D eigenvalue weighted by molar-refractivity contribution is 5.95. The number of likely N-dealkylation sites (tertiary alicyclic amines) is 1. The van der Waals surface area contributed by atoms with Gasteiger partial charge in [0.1, 0.15) is 6.07 Å². The monoisotopic (exact) mass is 584 g/mol. The molecule has 1 amide bonds. The summed E-state index contributed by atoms with van der Waals surface area (Å²) in [6.45, 7) is 9.59. The van der Waals surface area contributed by atoms with E-state index in [9.17, 15) is 10.1 Å². The lowest BCUT2D eigenvalue weighted by Gasteiger charge is -2.38. The van der Waals surface area contributed by atoms with Crippen LogP contribution in [0.1, 0.15) is 60.3 Å². The Morgan fingerprint density at radius 3 is 2.35 bits per heavy atom. The maximum atomic E-state index is 13.9. The standard InChI is InChI=1S/C32H44N10O/c1-38-13-11-26(12-14-38)21-41-17-15-40(16-18-41)20-25-7-9-27(10-8-25)32(43)42(22-24-5-3-4-6-24)37-30-29-31(39(2)23-34-29)36-28(19-33)35-30/h7-10,23-24,26H,3-6,11-18,20-22H2,1-2H3,(H,35,36,37). The number of piperidine rings is 1. The quantitative estimate of drug-likeness (QED) is 0.379. The largest absolute Gasteiger partial charge is 0.318 e. The molecule has 228 valence electrons. The number of hydrogen-bond donors (Lipinski definition) is 1. The molecular weight excluding hydrogens is 540 g/mol. The number of carbonyl (C=O) groups excluding carboxylic acids is 1. The smallest absolute Gasteiger partial charge is 0.272 e. The van der Waals surface area contributed by atoms with Gasteiger partial charge in [-0.15, -0.1) is 0 Å². The fourth-order valence-electron chi connectivity index (χ4n) is 6.80. The van der Waals surface area contributed by atoms with Crippen LogP contribution in [0.2, 0.25) is 0 Å². The fourth-order valence-corrected chi connectivity index (χ4v) is 6.80. The predicted molar refractivity (Wildman–Crippen MR) is 166 cm³/mol. The molecule has 2 aromatic heterocycles. The van der Waals surface area contributed by atoms with Crippen molar-refractivity contribution in [2.75, 3.05) is 64.8 Å². The number of carbonyl (C=O) groups is 1. The number of nitrogens with zero attached hydrogens (tertiary/aromatic N) is 9. The zero-order valence-electron chi connectivity index (χ0n) is 25.6. The summed E-state index contributed by atoms with van der Waals surface area (Å²) >= 11 is 0. The van der Waals surface area contributed by atoms with Crippen LogP contribution in [0.4, 0.5) is 5.82 Å². The molecule has 2 saturated heterocycles. The highest BCUT2D eigenvalue weighted by Gasteiger charge is 2.26. The summed E-state index contributed by atoms with van der Waals surface area (Å²) in [6.07, 6.45) is 8.85. The van der Waals surface area contributed by atoms with E-state index in [0.29, 0.717) is 35.0 Å². The molecule has 11 heteroatoms. The Kier molecular flexibility index (Phi) is 9.17. The van der Waals surface area contributed by atoms with Crippen LogP contribution in [0.25, 0.3) is 11.2 Å². The second-order valence-electron chi connectivity index (χ2n) is 12.7. The third kappa shape index (κ3) is 7.15. The van der Waals surface area contributed by atoms with Crippen molar-refractivity contribution in [2.45, 2.75) is 45.1 Å². The van der Waals surface area contributed by atoms with Gasteiger partial charge in [-0.05, 0) is 75.4 Å². The van der Waals surface area contributed by atoms with Crippen LogP contribution in [-0.4, -0.2) is 105 Å². The molecular formula is C32H44N10O. The highest BCUT2D eigenvalue weighted by Crippen LogP contribution is 2.27. The zero-order valence-corrected chi connectivity index (χ0v) is 25.6. The van der Waals surface area contributed by atoms with E-state index in [1.54, 1.807) is 15.9 Å². The van der Waals surface area contributed by atoms with Crippen LogP contribution in [0, 0.1) is 23.2 Å². The number of nitrogens with one attached hydrogen (secondary N) is 1. The fraction of sp³-hybridized carbons (Fsp3) is 0.594. The van der Waals surface area contributed by atoms with E-state index < -0.39 is 0 Å². The van der Waals surface area contributed by atoms with Crippen molar-refractivity contribution < 1.29 is 4.79 Å². The summed E-state index contributed by atoms with van der Waals surface area (Å²) in [5.74, 6) is 1.57. The summed E-state index contributed by atoms with van der Waals surface area (Å²) in [6, 6.07) is 10.1. The van der Waals surface area contributed by atoms with Gasteiger partial charge in [-0.3, -0.25) is 20.1 Å². The van der Waals surface area contributed by atoms with Crippen molar-refractivity contribution in [1.29, 1.82) is 5.26 Å². The average Bonchev–Trinajstić information content (AvgIpc) is 3.68. The van der Waals surface area contributed by atoms with Crippen LogP contribution >= 0.6 is 0 Å². The number of benzene rings is 1. The first kappa shape index (κ1) is 29.5. The number of aromatic nitrogens is 4. The molecule has 4 heterocycles. The Hall–Kier alpha value is -3.59. The molecule has 3 aliphatic rings. The Morgan fingerprint density at radius 1 is 0.953 bits per heavy atom. The summed E-state index contributed by atoms with van der Waals surface area (Å²) in [4.78, 5) is 34.6. The van der Waals surface area contributed by atoms with Crippen molar-refractivity contribution in [2.24, 2.45) is 18.9 Å². The lowest BCUT2D eigenvalue weighted by Crippen LogP contribution is -2.48. The Morgan fingerprint density at radius 2 is 1.65 bits per heavy atom. The number of hydrazine groups is 1. The number of piperazine rings is 1. The van der Waals surface area contributed by atoms with Crippen molar-refractivity contribution in [3.05, 3.63) is 47.5 Å². The first-order valence-electron chi connectivity index (χ1n) is 15.8. The van der Waals surface area contributed by atoms with Gasteiger partial charge in [0, 0.05) is 58.4 Å². The minimum atomic E-state index is -0.109. The summed E-state index contributed by atoms with van der Waals surface area (Å²) < 4.78 is 1.75. The molecule has 0 radical (unpaired) electrons. The van der Waals surface area contributed by atoms with E-state index >= 15 is 0 Å². The van der Waals surface area contributed by atoms with Gasteiger partial charge in [-0.2, -0.15) is 15.2 Å². The van der Waals surface area contributed by atoms with E-state index in [4.69, 9.17) is 0 Å². The number of imidazole rings is 1. The van der Waals surface area contributed by atoms with Crippen molar-refractivity contribution in [3.63, 3.8) is 0 Å². The topological polar surface area (TPSA) is 109 Å². The van der Waals surface area contributed by atoms with Crippen molar-refractivity contribution >= 4 is 22.9 Å².